The van der Waals surface area contributed by atoms with Gasteiger partial charge in [-0.05, 0) is 37.0 Å². The van der Waals surface area contributed by atoms with Crippen LogP contribution in [-0.4, -0.2) is 26.6 Å². The maximum Gasteiger partial charge on any atom is 0.239 e. The van der Waals surface area contributed by atoms with E-state index in [2.05, 4.69) is 10.0 Å². The summed E-state index contributed by atoms with van der Waals surface area (Å²) in [5.74, 6) is -0.427. The number of carbonyl (C=O) groups excluding carboxylic acids is 1. The van der Waals surface area contributed by atoms with E-state index in [-0.39, 0.29) is 18.2 Å². The predicted octanol–water partition coefficient (Wildman–Crippen LogP) is 2.40. The molecule has 0 aromatic heterocycles. The molecule has 1 amide bonds. The number of rotatable bonds is 7. The molecule has 0 aliphatic heterocycles. The fraction of sp³-hybridized carbons (Fsp3) is 0.278. The minimum Gasteiger partial charge on any atom is -0.324 e. The number of sulfonamides is 1. The Morgan fingerprint density at radius 3 is 2.21 bits per heavy atom. The Kier molecular flexibility index (Phi) is 6.11. The molecule has 0 bridgehead atoms. The zero-order chi connectivity index (χ0) is 17.6. The molecule has 0 saturated heterocycles. The van der Waals surface area contributed by atoms with Crippen molar-refractivity contribution in [1.82, 2.24) is 4.72 Å². The smallest absolute Gasteiger partial charge is 0.239 e. The normalized spacial score (nSPS) is 11.2. The average Bonchev–Trinajstić information content (AvgIpc) is 2.56. The second-order valence-electron chi connectivity index (χ2n) is 5.69. The molecular formula is C18H22N2O3S. The Bertz CT molecular complexity index is 782. The van der Waals surface area contributed by atoms with Gasteiger partial charge in [0.15, 0.2) is 0 Å². The minimum absolute atomic E-state index is 0.0479. The maximum atomic E-state index is 12.0. The maximum absolute atomic E-state index is 12.0. The van der Waals surface area contributed by atoms with Gasteiger partial charge in [-0.25, -0.2) is 13.1 Å². The first-order valence-corrected chi connectivity index (χ1v) is 9.40. The third-order valence-electron chi connectivity index (χ3n) is 3.70. The van der Waals surface area contributed by atoms with Crippen LogP contribution in [0.2, 0.25) is 0 Å². The van der Waals surface area contributed by atoms with E-state index in [1.54, 1.807) is 0 Å². The third kappa shape index (κ3) is 5.47. The SMILES string of the molecule is Cc1cccc(C)c1NC(=O)CNS(=O)(=O)CCc1ccccc1. The Morgan fingerprint density at radius 2 is 1.58 bits per heavy atom. The lowest BCUT2D eigenvalue weighted by Crippen LogP contribution is -2.35. The van der Waals surface area contributed by atoms with Gasteiger partial charge in [0.25, 0.3) is 0 Å². The van der Waals surface area contributed by atoms with Gasteiger partial charge in [-0.1, -0.05) is 48.5 Å². The van der Waals surface area contributed by atoms with Crippen LogP contribution in [-0.2, 0) is 21.2 Å². The van der Waals surface area contributed by atoms with Gasteiger partial charge < -0.3 is 5.32 Å². The van der Waals surface area contributed by atoms with Crippen LogP contribution < -0.4 is 10.0 Å². The highest BCUT2D eigenvalue weighted by Crippen LogP contribution is 2.19. The highest BCUT2D eigenvalue weighted by Gasteiger charge is 2.13. The van der Waals surface area contributed by atoms with Gasteiger partial charge in [0.05, 0.1) is 12.3 Å². The van der Waals surface area contributed by atoms with E-state index in [0.717, 1.165) is 22.4 Å². The second-order valence-corrected chi connectivity index (χ2v) is 7.62. The largest absolute Gasteiger partial charge is 0.324 e. The molecule has 2 rings (SSSR count). The van der Waals surface area contributed by atoms with Crippen LogP contribution in [0.4, 0.5) is 5.69 Å². The highest BCUT2D eigenvalue weighted by molar-refractivity contribution is 7.89. The predicted molar refractivity (Wildman–Crippen MR) is 96.5 cm³/mol. The van der Waals surface area contributed by atoms with Gasteiger partial charge in [0.1, 0.15) is 0 Å². The molecule has 0 radical (unpaired) electrons. The lowest BCUT2D eigenvalue weighted by Gasteiger charge is -2.12. The fourth-order valence-corrected chi connectivity index (χ4v) is 3.34. The Hall–Kier alpha value is -2.18. The molecule has 2 aromatic rings. The number of hydrogen-bond acceptors (Lipinski definition) is 3. The lowest BCUT2D eigenvalue weighted by atomic mass is 10.1. The molecule has 128 valence electrons. The number of amides is 1. The van der Waals surface area contributed by atoms with Crippen molar-refractivity contribution in [2.75, 3.05) is 17.6 Å². The van der Waals surface area contributed by atoms with E-state index in [1.807, 2.05) is 62.4 Å². The van der Waals surface area contributed by atoms with Crippen molar-refractivity contribution in [3.05, 3.63) is 65.2 Å². The van der Waals surface area contributed by atoms with Crippen molar-refractivity contribution < 1.29 is 13.2 Å². The minimum atomic E-state index is -3.50. The molecule has 0 aliphatic carbocycles. The Labute approximate surface area is 143 Å². The zero-order valence-electron chi connectivity index (χ0n) is 13.9. The number of hydrogen-bond donors (Lipinski definition) is 2. The van der Waals surface area contributed by atoms with Crippen molar-refractivity contribution in [2.45, 2.75) is 20.3 Å². The van der Waals surface area contributed by atoms with Crippen LogP contribution in [0.25, 0.3) is 0 Å². The number of carbonyl (C=O) groups is 1. The van der Waals surface area contributed by atoms with Gasteiger partial charge in [-0.15, -0.1) is 0 Å². The average molecular weight is 346 g/mol. The molecule has 0 spiro atoms. The number of para-hydroxylation sites is 1. The summed E-state index contributed by atoms with van der Waals surface area (Å²) >= 11 is 0. The van der Waals surface area contributed by atoms with Gasteiger partial charge in [0, 0.05) is 5.69 Å². The first kappa shape index (κ1) is 18.2. The molecule has 0 fully saturated rings. The first-order valence-electron chi connectivity index (χ1n) is 7.75. The summed E-state index contributed by atoms with van der Waals surface area (Å²) in [5, 5.41) is 2.76. The zero-order valence-corrected chi connectivity index (χ0v) is 14.7. The fourth-order valence-electron chi connectivity index (χ4n) is 2.34. The first-order chi connectivity index (χ1) is 11.4. The van der Waals surface area contributed by atoms with Crippen LogP contribution in [0.15, 0.2) is 48.5 Å². The third-order valence-corrected chi connectivity index (χ3v) is 5.03. The molecule has 6 heteroatoms. The van der Waals surface area contributed by atoms with Crippen LogP contribution in [0.3, 0.4) is 0 Å². The molecule has 0 unspecified atom stereocenters. The molecule has 0 atom stereocenters. The molecule has 0 heterocycles. The van der Waals surface area contributed by atoms with Crippen molar-refractivity contribution in [1.29, 1.82) is 0 Å². The van der Waals surface area contributed by atoms with E-state index < -0.39 is 10.0 Å². The molecular weight excluding hydrogens is 324 g/mol. The summed E-state index contributed by atoms with van der Waals surface area (Å²) in [4.78, 5) is 12.0. The number of aryl methyl sites for hydroxylation is 3. The number of benzene rings is 2. The van der Waals surface area contributed by atoms with Crippen molar-refractivity contribution in [3.63, 3.8) is 0 Å². The molecule has 5 nitrogen and oxygen atoms in total. The number of nitrogens with one attached hydrogen (secondary N) is 2. The van der Waals surface area contributed by atoms with Crippen LogP contribution >= 0.6 is 0 Å². The van der Waals surface area contributed by atoms with Gasteiger partial charge in [0.2, 0.25) is 15.9 Å². The van der Waals surface area contributed by atoms with Gasteiger partial charge in [-0.3, -0.25) is 4.79 Å². The Balaban J connectivity index is 1.86. The quantitative estimate of drug-likeness (QED) is 0.808. The van der Waals surface area contributed by atoms with Gasteiger partial charge >= 0.3 is 0 Å². The standard InChI is InChI=1S/C18H22N2O3S/c1-14-7-6-8-15(2)18(14)20-17(21)13-19-24(22,23)12-11-16-9-4-3-5-10-16/h3-10,19H,11-13H2,1-2H3,(H,20,21). The molecule has 0 aliphatic rings. The topological polar surface area (TPSA) is 75.3 Å². The van der Waals surface area contributed by atoms with Crippen molar-refractivity contribution >= 4 is 21.6 Å². The van der Waals surface area contributed by atoms with Crippen LogP contribution in [0, 0.1) is 13.8 Å². The summed E-state index contributed by atoms with van der Waals surface area (Å²) in [7, 11) is -3.50. The van der Waals surface area contributed by atoms with Crippen molar-refractivity contribution in [3.8, 4) is 0 Å². The second kappa shape index (κ2) is 8.08. The van der Waals surface area contributed by atoms with E-state index in [0.29, 0.717) is 6.42 Å². The molecule has 2 N–H and O–H groups in total. The molecule has 2 aromatic carbocycles. The van der Waals surface area contributed by atoms with Gasteiger partial charge in [-0.2, -0.15) is 0 Å². The monoisotopic (exact) mass is 346 g/mol. The van der Waals surface area contributed by atoms with Crippen LogP contribution in [0.5, 0.6) is 0 Å². The Morgan fingerprint density at radius 1 is 0.958 bits per heavy atom. The summed E-state index contributed by atoms with van der Waals surface area (Å²) in [6.45, 7) is 3.52. The summed E-state index contributed by atoms with van der Waals surface area (Å²) in [6, 6.07) is 15.1. The van der Waals surface area contributed by atoms with Crippen molar-refractivity contribution in [2.24, 2.45) is 0 Å². The van der Waals surface area contributed by atoms with E-state index in [1.165, 1.54) is 0 Å². The van der Waals surface area contributed by atoms with E-state index in [9.17, 15) is 13.2 Å². The summed E-state index contributed by atoms with van der Waals surface area (Å²) in [5.41, 5.74) is 3.56. The van der Waals surface area contributed by atoms with E-state index in [4.69, 9.17) is 0 Å². The summed E-state index contributed by atoms with van der Waals surface area (Å²) in [6.07, 6.45) is 0.411. The lowest BCUT2D eigenvalue weighted by molar-refractivity contribution is -0.115. The number of anilines is 1. The van der Waals surface area contributed by atoms with Crippen LogP contribution in [0.1, 0.15) is 16.7 Å². The molecule has 0 saturated carbocycles. The van der Waals surface area contributed by atoms with E-state index >= 15 is 0 Å². The summed E-state index contributed by atoms with van der Waals surface area (Å²) < 4.78 is 26.4. The highest BCUT2D eigenvalue weighted by atomic mass is 32.2. The molecule has 24 heavy (non-hydrogen) atoms.